The molecular formula is C28H33N7O. The Kier molecular flexibility index (Phi) is 6.49. The fourth-order valence-electron chi connectivity index (χ4n) is 6.11. The van der Waals surface area contributed by atoms with Gasteiger partial charge in [0.15, 0.2) is 0 Å². The number of aromatic nitrogens is 6. The predicted molar refractivity (Wildman–Crippen MR) is 139 cm³/mol. The smallest absolute Gasteiger partial charge is 0.243 e. The van der Waals surface area contributed by atoms with Crippen molar-refractivity contribution in [3.05, 3.63) is 48.5 Å². The third-order valence-electron chi connectivity index (χ3n) is 7.94. The van der Waals surface area contributed by atoms with Crippen molar-refractivity contribution in [1.82, 2.24) is 35.5 Å². The molecule has 0 radical (unpaired) electrons. The summed E-state index contributed by atoms with van der Waals surface area (Å²) < 4.78 is 2.23. The molecule has 0 bridgehead atoms. The molecule has 2 N–H and O–H groups in total. The third-order valence-corrected chi connectivity index (χ3v) is 7.94. The van der Waals surface area contributed by atoms with Crippen LogP contribution in [0.5, 0.6) is 0 Å². The molecule has 1 unspecified atom stereocenters. The molecular weight excluding hydrogens is 450 g/mol. The summed E-state index contributed by atoms with van der Waals surface area (Å²) in [4.78, 5) is 19.1. The second-order valence-electron chi connectivity index (χ2n) is 10.3. The topological polar surface area (TPSA) is 101 Å². The van der Waals surface area contributed by atoms with Gasteiger partial charge in [0.2, 0.25) is 11.7 Å². The molecule has 4 aromatic rings. The average molecular weight is 484 g/mol. The maximum Gasteiger partial charge on any atom is 0.243 e. The molecule has 186 valence electrons. The minimum absolute atomic E-state index is 0.154. The highest BCUT2D eigenvalue weighted by molar-refractivity contribution is 5.87. The zero-order chi connectivity index (χ0) is 24.3. The van der Waals surface area contributed by atoms with Crippen LogP contribution in [0.1, 0.15) is 70.3 Å². The van der Waals surface area contributed by atoms with Crippen molar-refractivity contribution in [2.45, 2.75) is 76.3 Å². The molecule has 36 heavy (non-hydrogen) atoms. The van der Waals surface area contributed by atoms with Gasteiger partial charge in [0.05, 0.1) is 11.0 Å². The number of nitrogens with one attached hydrogen (secondary N) is 2. The monoisotopic (exact) mass is 483 g/mol. The van der Waals surface area contributed by atoms with E-state index in [9.17, 15) is 4.79 Å². The first kappa shape index (κ1) is 22.9. The summed E-state index contributed by atoms with van der Waals surface area (Å²) in [6, 6.07) is 16.3. The Balaban J connectivity index is 1.43. The molecule has 0 saturated heterocycles. The van der Waals surface area contributed by atoms with Crippen molar-refractivity contribution in [2.75, 3.05) is 0 Å². The molecule has 0 spiro atoms. The number of hydrogen-bond donors (Lipinski definition) is 2. The van der Waals surface area contributed by atoms with Crippen LogP contribution in [-0.2, 0) is 4.79 Å². The lowest BCUT2D eigenvalue weighted by Gasteiger charge is -2.33. The molecule has 6 rings (SSSR count). The van der Waals surface area contributed by atoms with Gasteiger partial charge >= 0.3 is 0 Å². The highest BCUT2D eigenvalue weighted by Gasteiger charge is 2.35. The van der Waals surface area contributed by atoms with Gasteiger partial charge in [-0.05, 0) is 48.9 Å². The first-order valence-corrected chi connectivity index (χ1v) is 13.4. The van der Waals surface area contributed by atoms with E-state index in [0.29, 0.717) is 11.7 Å². The van der Waals surface area contributed by atoms with Crippen molar-refractivity contribution >= 4 is 16.9 Å². The van der Waals surface area contributed by atoms with Gasteiger partial charge in [0.1, 0.15) is 11.9 Å². The fraction of sp³-hybridized carbons (Fsp3) is 0.464. The molecule has 1 atom stereocenters. The highest BCUT2D eigenvalue weighted by atomic mass is 16.2. The Bertz CT molecular complexity index is 1300. The van der Waals surface area contributed by atoms with E-state index in [1.54, 1.807) is 0 Å². The number of H-pyrrole nitrogens is 1. The van der Waals surface area contributed by atoms with E-state index in [2.05, 4.69) is 36.6 Å². The van der Waals surface area contributed by atoms with Gasteiger partial charge in [-0.2, -0.15) is 5.21 Å². The number of carbonyl (C=O) groups is 1. The first-order valence-electron chi connectivity index (χ1n) is 13.4. The molecule has 2 aromatic heterocycles. The lowest BCUT2D eigenvalue weighted by Crippen LogP contribution is -2.43. The van der Waals surface area contributed by atoms with Gasteiger partial charge in [-0.15, -0.1) is 10.2 Å². The highest BCUT2D eigenvalue weighted by Crippen LogP contribution is 2.39. The summed E-state index contributed by atoms with van der Waals surface area (Å²) in [5, 5.41) is 17.8. The minimum atomic E-state index is -0.272. The third kappa shape index (κ3) is 4.52. The molecule has 2 aromatic carbocycles. The first-order chi connectivity index (χ1) is 17.8. The number of nitrogens with zero attached hydrogens (tertiary/aromatic N) is 5. The van der Waals surface area contributed by atoms with Crippen LogP contribution in [-0.4, -0.2) is 42.1 Å². The Morgan fingerprint density at radius 2 is 1.58 bits per heavy atom. The maximum absolute atomic E-state index is 14.1. The van der Waals surface area contributed by atoms with Gasteiger partial charge < -0.3 is 9.88 Å². The molecule has 0 aliphatic heterocycles. The van der Waals surface area contributed by atoms with Crippen LogP contribution in [0.4, 0.5) is 0 Å². The normalized spacial score (nSPS) is 18.3. The Morgan fingerprint density at radius 1 is 0.889 bits per heavy atom. The van der Waals surface area contributed by atoms with Gasteiger partial charge in [0.25, 0.3) is 0 Å². The summed E-state index contributed by atoms with van der Waals surface area (Å²) >= 11 is 0. The quantitative estimate of drug-likeness (QED) is 0.380. The summed E-state index contributed by atoms with van der Waals surface area (Å²) in [6.07, 6.45) is 11.6. The second-order valence-corrected chi connectivity index (χ2v) is 10.3. The van der Waals surface area contributed by atoms with E-state index >= 15 is 0 Å². The van der Waals surface area contributed by atoms with E-state index in [1.165, 1.54) is 38.5 Å². The molecule has 1 amide bonds. The molecule has 2 saturated carbocycles. The lowest BCUT2D eigenvalue weighted by atomic mass is 9.82. The molecule has 8 heteroatoms. The Labute approximate surface area is 210 Å². The predicted octanol–water partition coefficient (Wildman–Crippen LogP) is 5.45. The van der Waals surface area contributed by atoms with Crippen LogP contribution in [0.15, 0.2) is 48.5 Å². The number of imidazole rings is 1. The molecule has 2 heterocycles. The van der Waals surface area contributed by atoms with Crippen LogP contribution < -0.4 is 5.32 Å². The summed E-state index contributed by atoms with van der Waals surface area (Å²) in [5.74, 6) is 1.85. The Hall–Kier alpha value is -3.55. The second kappa shape index (κ2) is 10.2. The standard InChI is InChI=1S/C28H33N7O/c36-28(29-22-11-5-2-6-12-22)25(19-9-3-1-4-10-19)35-24-14-8-7-13-23(24)30-27(35)21-17-15-20(16-18-21)26-31-33-34-32-26/h7-8,13-19,22,25H,1-6,9-12H2,(H,29,36)(H,31,32,33,34). The van der Waals surface area contributed by atoms with Crippen LogP contribution in [0.25, 0.3) is 33.8 Å². The van der Waals surface area contributed by atoms with Crippen molar-refractivity contribution in [2.24, 2.45) is 5.92 Å². The molecule has 2 fully saturated rings. The summed E-state index contributed by atoms with van der Waals surface area (Å²) in [7, 11) is 0. The molecule has 2 aliphatic rings. The molecule has 2 aliphatic carbocycles. The van der Waals surface area contributed by atoms with Crippen LogP contribution in [0, 0.1) is 5.92 Å². The van der Waals surface area contributed by atoms with E-state index in [-0.39, 0.29) is 18.0 Å². The largest absolute Gasteiger partial charge is 0.352 e. The summed E-state index contributed by atoms with van der Waals surface area (Å²) in [6.45, 7) is 0. The van der Waals surface area contributed by atoms with Crippen LogP contribution in [0.2, 0.25) is 0 Å². The number of aromatic amines is 1. The number of rotatable bonds is 6. The zero-order valence-corrected chi connectivity index (χ0v) is 20.6. The number of hydrogen-bond acceptors (Lipinski definition) is 5. The van der Waals surface area contributed by atoms with Crippen molar-refractivity contribution in [1.29, 1.82) is 0 Å². The fourth-order valence-corrected chi connectivity index (χ4v) is 6.11. The number of benzene rings is 2. The SMILES string of the molecule is O=C(NC1CCCCC1)C(C1CCCCC1)n1c(-c2ccc(-c3nn[nH]n3)cc2)nc2ccccc21. The zero-order valence-electron chi connectivity index (χ0n) is 20.6. The molecule has 8 nitrogen and oxygen atoms in total. The van der Waals surface area contributed by atoms with E-state index in [1.807, 2.05) is 42.5 Å². The van der Waals surface area contributed by atoms with Crippen LogP contribution in [0.3, 0.4) is 0 Å². The van der Waals surface area contributed by atoms with Crippen molar-refractivity contribution in [3.8, 4) is 22.8 Å². The summed E-state index contributed by atoms with van der Waals surface area (Å²) in [5.41, 5.74) is 3.80. The van der Waals surface area contributed by atoms with Gasteiger partial charge in [-0.3, -0.25) is 4.79 Å². The van der Waals surface area contributed by atoms with E-state index < -0.39 is 0 Å². The minimum Gasteiger partial charge on any atom is -0.352 e. The van der Waals surface area contributed by atoms with E-state index in [0.717, 1.165) is 53.7 Å². The van der Waals surface area contributed by atoms with E-state index in [4.69, 9.17) is 4.98 Å². The van der Waals surface area contributed by atoms with Crippen molar-refractivity contribution in [3.63, 3.8) is 0 Å². The lowest BCUT2D eigenvalue weighted by molar-refractivity contribution is -0.127. The number of amides is 1. The Morgan fingerprint density at radius 3 is 2.31 bits per heavy atom. The van der Waals surface area contributed by atoms with Crippen LogP contribution >= 0.6 is 0 Å². The maximum atomic E-state index is 14.1. The number of carbonyl (C=O) groups excluding carboxylic acids is 1. The van der Waals surface area contributed by atoms with Crippen molar-refractivity contribution < 1.29 is 4.79 Å². The average Bonchev–Trinajstić information content (AvgIpc) is 3.60. The van der Waals surface area contributed by atoms with Gasteiger partial charge in [-0.1, -0.05) is 74.9 Å². The van der Waals surface area contributed by atoms with Gasteiger partial charge in [0, 0.05) is 17.2 Å². The number of fused-ring (bicyclic) bond motifs is 1. The van der Waals surface area contributed by atoms with Gasteiger partial charge in [-0.25, -0.2) is 4.98 Å². The number of para-hydroxylation sites is 2. The number of tetrazole rings is 1.